The Morgan fingerprint density at radius 2 is 0.878 bits per heavy atom. The number of ether oxygens (including phenoxy) is 1. The maximum Gasteiger partial charge on any atom is 0.294 e. The molecule has 0 aliphatic rings. The Bertz CT molecular complexity index is 2420. The highest BCUT2D eigenvalue weighted by Crippen LogP contribution is 2.39. The summed E-state index contributed by atoms with van der Waals surface area (Å²) in [5.41, 5.74) is 27.1. The van der Waals surface area contributed by atoms with E-state index in [1.54, 1.807) is 48.5 Å². The Kier molecular flexibility index (Phi) is 8.34. The van der Waals surface area contributed by atoms with E-state index in [1.165, 1.54) is 48.5 Å². The monoisotopic (exact) mass is 698 g/mol. The molecule has 0 fully saturated rings. The van der Waals surface area contributed by atoms with Crippen LogP contribution < -0.4 is 27.7 Å². The minimum Gasteiger partial charge on any atom is -0.453 e. The molecule has 0 heterocycles. The van der Waals surface area contributed by atoms with Crippen molar-refractivity contribution in [3.8, 4) is 11.5 Å². The van der Waals surface area contributed by atoms with Gasteiger partial charge in [0.05, 0.1) is 43.9 Å². The third-order valence-electron chi connectivity index (χ3n) is 7.32. The van der Waals surface area contributed by atoms with Crippen molar-refractivity contribution in [2.24, 2.45) is 20.5 Å². The molecule has 0 atom stereocenters. The zero-order chi connectivity index (χ0) is 35.1. The maximum absolute atomic E-state index is 11.5. The molecule has 0 unspecified atom stereocenters. The molecule has 0 aliphatic carbocycles. The molecular formula is C32H26N8O7S2. The lowest BCUT2D eigenvalue weighted by molar-refractivity contribution is 0.481. The second-order valence-electron chi connectivity index (χ2n) is 10.7. The topological polar surface area (TPSA) is 271 Å². The van der Waals surface area contributed by atoms with Gasteiger partial charge >= 0.3 is 0 Å². The number of rotatable bonds is 8. The fourth-order valence-corrected chi connectivity index (χ4v) is 5.91. The summed E-state index contributed by atoms with van der Waals surface area (Å²) in [6.45, 7) is 0. The summed E-state index contributed by atoms with van der Waals surface area (Å²) in [7, 11) is -8.77. The van der Waals surface area contributed by atoms with E-state index < -0.39 is 20.2 Å². The molecule has 0 bridgehead atoms. The van der Waals surface area contributed by atoms with Crippen molar-refractivity contribution in [3.63, 3.8) is 0 Å². The molecule has 0 spiro atoms. The van der Waals surface area contributed by atoms with Gasteiger partial charge in [0.2, 0.25) is 0 Å². The number of nitrogens with zero attached hydrogens (tertiary/aromatic N) is 4. The first kappa shape index (κ1) is 32.8. The molecule has 248 valence electrons. The number of hydrogen-bond acceptors (Lipinski definition) is 13. The standard InChI is InChI=1S/C32H26N8O7S2/c33-25-9-1-17-13-21(48(41,42)43)5-7-23(17)31(25)39-37-19-3-11-29(27(35)15-19)47-30-12-4-20(16-28(30)36)38-40-32-24-8-6-22(49(44,45)46)14-18(24)2-10-26(32)34/h1-16H,33-36H2,(H,41,42,43)(H,44,45,46). The van der Waals surface area contributed by atoms with E-state index >= 15 is 0 Å². The molecule has 6 rings (SSSR count). The van der Waals surface area contributed by atoms with Gasteiger partial charge in [-0.15, -0.1) is 10.2 Å². The molecule has 0 saturated carbocycles. The SMILES string of the molecule is Nc1cc(N=Nc2c(N)ccc3cc(S(=O)(=O)O)ccc23)ccc1Oc1ccc(N=Nc2c(N)ccc3cc(S(=O)(=O)O)ccc23)cc1N. The number of fused-ring (bicyclic) bond motifs is 2. The number of azo groups is 2. The summed E-state index contributed by atoms with van der Waals surface area (Å²) < 4.78 is 70.8. The largest absolute Gasteiger partial charge is 0.453 e. The highest BCUT2D eigenvalue weighted by molar-refractivity contribution is 7.86. The van der Waals surface area contributed by atoms with Gasteiger partial charge in [-0.25, -0.2) is 0 Å². The molecule has 10 N–H and O–H groups in total. The second kappa shape index (κ2) is 12.5. The van der Waals surface area contributed by atoms with Crippen LogP contribution in [0.2, 0.25) is 0 Å². The molecule has 0 amide bonds. The predicted octanol–water partition coefficient (Wildman–Crippen LogP) is 7.44. The lowest BCUT2D eigenvalue weighted by Crippen LogP contribution is -1.97. The van der Waals surface area contributed by atoms with E-state index in [4.69, 9.17) is 27.7 Å². The first-order valence-corrected chi connectivity index (χ1v) is 17.0. The molecule has 17 heteroatoms. The lowest BCUT2D eigenvalue weighted by atomic mass is 10.1. The number of nitrogen functional groups attached to an aromatic ring is 4. The third-order valence-corrected chi connectivity index (χ3v) is 9.02. The highest BCUT2D eigenvalue weighted by Gasteiger charge is 2.15. The molecule has 0 aliphatic heterocycles. The number of hydrogen-bond donors (Lipinski definition) is 6. The Labute approximate surface area is 279 Å². The van der Waals surface area contributed by atoms with Crippen molar-refractivity contribution < 1.29 is 30.7 Å². The summed E-state index contributed by atoms with van der Waals surface area (Å²) in [5, 5.41) is 19.0. The first-order valence-electron chi connectivity index (χ1n) is 14.1. The summed E-state index contributed by atoms with van der Waals surface area (Å²) in [6, 6.07) is 23.8. The smallest absolute Gasteiger partial charge is 0.294 e. The fourth-order valence-electron chi connectivity index (χ4n) is 4.88. The zero-order valence-electron chi connectivity index (χ0n) is 25.1. The van der Waals surface area contributed by atoms with E-state index in [1.807, 2.05) is 0 Å². The Hall–Kier alpha value is -6.14. The van der Waals surface area contributed by atoms with Gasteiger partial charge in [-0.05, 0) is 83.6 Å². The van der Waals surface area contributed by atoms with Crippen LogP contribution in [0.1, 0.15) is 0 Å². The van der Waals surface area contributed by atoms with Crippen molar-refractivity contribution in [3.05, 3.63) is 97.1 Å². The van der Waals surface area contributed by atoms with Gasteiger partial charge in [-0.3, -0.25) is 9.11 Å². The van der Waals surface area contributed by atoms with Gasteiger partial charge in [0.1, 0.15) is 11.4 Å². The lowest BCUT2D eigenvalue weighted by Gasteiger charge is -2.11. The molecule has 15 nitrogen and oxygen atoms in total. The summed E-state index contributed by atoms with van der Waals surface area (Å²) >= 11 is 0. The van der Waals surface area contributed by atoms with Gasteiger partial charge < -0.3 is 27.7 Å². The van der Waals surface area contributed by atoms with Crippen molar-refractivity contribution in [1.82, 2.24) is 0 Å². The average Bonchev–Trinajstić information content (AvgIpc) is 3.04. The van der Waals surface area contributed by atoms with E-state index in [9.17, 15) is 25.9 Å². The molecule has 0 saturated heterocycles. The fraction of sp³-hybridized carbons (Fsp3) is 0. The summed E-state index contributed by atoms with van der Waals surface area (Å²) in [5.74, 6) is 0.575. The predicted molar refractivity (Wildman–Crippen MR) is 186 cm³/mol. The number of anilines is 4. The molecule has 0 radical (unpaired) electrons. The number of benzene rings is 6. The van der Waals surface area contributed by atoms with Crippen molar-refractivity contribution >= 4 is 87.3 Å². The maximum atomic E-state index is 11.5. The van der Waals surface area contributed by atoms with Crippen LogP contribution in [0, 0.1) is 0 Å². The van der Waals surface area contributed by atoms with Crippen LogP contribution in [0.3, 0.4) is 0 Å². The van der Waals surface area contributed by atoms with Crippen molar-refractivity contribution in [1.29, 1.82) is 0 Å². The van der Waals surface area contributed by atoms with Gasteiger partial charge in [-0.2, -0.15) is 27.1 Å². The quantitative estimate of drug-likeness (QED) is 0.0516. The van der Waals surface area contributed by atoms with E-state index in [0.717, 1.165) is 0 Å². The molecule has 49 heavy (non-hydrogen) atoms. The van der Waals surface area contributed by atoms with Crippen LogP contribution >= 0.6 is 0 Å². The summed E-state index contributed by atoms with van der Waals surface area (Å²) in [6.07, 6.45) is 0. The Morgan fingerprint density at radius 3 is 1.24 bits per heavy atom. The normalized spacial score (nSPS) is 12.4. The molecule has 6 aromatic carbocycles. The third kappa shape index (κ3) is 6.94. The minimum atomic E-state index is -4.39. The Balaban J connectivity index is 1.20. The second-order valence-corrected chi connectivity index (χ2v) is 13.5. The van der Waals surface area contributed by atoms with Crippen LogP contribution in [0.15, 0.2) is 127 Å². The number of nitrogens with two attached hydrogens (primary N) is 4. The van der Waals surface area contributed by atoms with Gasteiger partial charge in [0, 0.05) is 10.8 Å². The summed E-state index contributed by atoms with van der Waals surface area (Å²) in [4.78, 5) is -0.522. The van der Waals surface area contributed by atoms with Crippen LogP contribution in [-0.2, 0) is 20.2 Å². The van der Waals surface area contributed by atoms with E-state index in [2.05, 4.69) is 20.5 Å². The average molecular weight is 699 g/mol. The first-order chi connectivity index (χ1) is 23.2. The molecule has 6 aromatic rings. The van der Waals surface area contributed by atoms with Crippen LogP contribution in [0.5, 0.6) is 11.5 Å². The van der Waals surface area contributed by atoms with Crippen LogP contribution in [0.4, 0.5) is 45.5 Å². The molecule has 0 aromatic heterocycles. The van der Waals surface area contributed by atoms with Gasteiger partial charge in [0.15, 0.2) is 11.5 Å². The Morgan fingerprint density at radius 1 is 0.469 bits per heavy atom. The van der Waals surface area contributed by atoms with E-state index in [-0.39, 0.29) is 32.7 Å². The highest BCUT2D eigenvalue weighted by atomic mass is 32.2. The van der Waals surface area contributed by atoms with Crippen molar-refractivity contribution in [2.45, 2.75) is 9.79 Å². The molecular weight excluding hydrogens is 673 g/mol. The van der Waals surface area contributed by atoms with Crippen molar-refractivity contribution in [2.75, 3.05) is 22.9 Å². The van der Waals surface area contributed by atoms with Gasteiger partial charge in [0.25, 0.3) is 20.2 Å². The van der Waals surface area contributed by atoms with Gasteiger partial charge in [-0.1, -0.05) is 24.3 Å². The van der Waals surface area contributed by atoms with Crippen LogP contribution in [0.25, 0.3) is 21.5 Å². The minimum absolute atomic E-state index is 0.229. The van der Waals surface area contributed by atoms with Crippen LogP contribution in [-0.4, -0.2) is 25.9 Å². The zero-order valence-corrected chi connectivity index (χ0v) is 26.7. The van der Waals surface area contributed by atoms with E-state index in [0.29, 0.717) is 55.7 Å².